The number of piperazine rings is 1. The first-order valence-electron chi connectivity index (χ1n) is 8.84. The maximum atomic E-state index is 12.6. The van der Waals surface area contributed by atoms with Gasteiger partial charge >= 0.3 is 0 Å². The fourth-order valence-corrected chi connectivity index (χ4v) is 5.10. The summed E-state index contributed by atoms with van der Waals surface area (Å²) in [6, 6.07) is 3.70. The molecule has 0 spiro atoms. The molecule has 1 aromatic carbocycles. The van der Waals surface area contributed by atoms with Gasteiger partial charge in [0.2, 0.25) is 5.91 Å². The number of amides is 1. The second-order valence-electron chi connectivity index (χ2n) is 6.72. The van der Waals surface area contributed by atoms with Gasteiger partial charge < -0.3 is 14.5 Å². The lowest BCUT2D eigenvalue weighted by Crippen LogP contribution is -2.50. The lowest BCUT2D eigenvalue weighted by atomic mass is 10.1. The molecule has 4 rings (SSSR count). The molecular weight excluding hydrogens is 358 g/mol. The number of hydrogen-bond donors (Lipinski definition) is 0. The molecular formula is C18H22ClN3O2S. The van der Waals surface area contributed by atoms with Gasteiger partial charge in [0.15, 0.2) is 5.13 Å². The van der Waals surface area contributed by atoms with Crippen molar-refractivity contribution in [2.75, 3.05) is 38.2 Å². The molecule has 1 aliphatic carbocycles. The van der Waals surface area contributed by atoms with E-state index >= 15 is 0 Å². The number of anilines is 1. The fraction of sp³-hybridized carbons (Fsp3) is 0.556. The van der Waals surface area contributed by atoms with Crippen LogP contribution in [-0.2, 0) is 4.79 Å². The number of carbonyl (C=O) groups excluding carboxylic acids is 1. The van der Waals surface area contributed by atoms with Crippen LogP contribution in [0.25, 0.3) is 10.2 Å². The molecule has 1 aliphatic heterocycles. The van der Waals surface area contributed by atoms with Crippen molar-refractivity contribution in [3.8, 4) is 5.75 Å². The Balaban J connectivity index is 1.48. The number of methoxy groups -OCH3 is 1. The summed E-state index contributed by atoms with van der Waals surface area (Å²) < 4.78 is 6.36. The summed E-state index contributed by atoms with van der Waals surface area (Å²) in [5, 5.41) is 1.66. The Hall–Kier alpha value is -1.53. The minimum Gasteiger partial charge on any atom is -0.494 e. The van der Waals surface area contributed by atoms with Gasteiger partial charge in [0.05, 0.1) is 16.8 Å². The standard InChI is InChI=1S/C18H22ClN3O2S/c1-24-14-7-6-13(19)16-15(14)20-18(25-16)22-10-8-21(9-11-22)17(23)12-4-2-3-5-12/h6-7,12H,2-5,8-11H2,1H3. The van der Waals surface area contributed by atoms with Gasteiger partial charge in [-0.05, 0) is 25.0 Å². The van der Waals surface area contributed by atoms with Crippen LogP contribution in [0.1, 0.15) is 25.7 Å². The zero-order chi connectivity index (χ0) is 17.4. The summed E-state index contributed by atoms with van der Waals surface area (Å²) in [6.07, 6.45) is 4.53. The van der Waals surface area contributed by atoms with Crippen LogP contribution in [0, 0.1) is 5.92 Å². The van der Waals surface area contributed by atoms with E-state index < -0.39 is 0 Å². The van der Waals surface area contributed by atoms with Crippen molar-refractivity contribution >= 4 is 44.2 Å². The fourth-order valence-electron chi connectivity index (χ4n) is 3.79. The first-order valence-corrected chi connectivity index (χ1v) is 10.0. The molecule has 134 valence electrons. The zero-order valence-electron chi connectivity index (χ0n) is 14.3. The second kappa shape index (κ2) is 7.00. The molecule has 0 atom stereocenters. The molecule has 0 N–H and O–H groups in total. The first kappa shape index (κ1) is 16.9. The lowest BCUT2D eigenvalue weighted by Gasteiger charge is -2.35. The number of ether oxygens (including phenoxy) is 1. The molecule has 0 radical (unpaired) electrons. The van der Waals surface area contributed by atoms with Crippen LogP contribution < -0.4 is 9.64 Å². The van der Waals surface area contributed by atoms with Crippen LogP contribution in [0.2, 0.25) is 5.02 Å². The maximum Gasteiger partial charge on any atom is 0.225 e. The van der Waals surface area contributed by atoms with Crippen molar-refractivity contribution in [1.82, 2.24) is 9.88 Å². The first-order chi connectivity index (χ1) is 12.2. The Kier molecular flexibility index (Phi) is 4.73. The summed E-state index contributed by atoms with van der Waals surface area (Å²) in [7, 11) is 1.65. The number of nitrogens with zero attached hydrogens (tertiary/aromatic N) is 3. The normalized spacial score (nSPS) is 19.0. The molecule has 2 aromatic rings. The molecule has 2 aliphatic rings. The minimum atomic E-state index is 0.261. The zero-order valence-corrected chi connectivity index (χ0v) is 15.9. The predicted molar refractivity (Wildman–Crippen MR) is 102 cm³/mol. The van der Waals surface area contributed by atoms with E-state index in [4.69, 9.17) is 21.3 Å². The summed E-state index contributed by atoms with van der Waals surface area (Å²) >= 11 is 7.91. The molecule has 0 unspecified atom stereocenters. The largest absolute Gasteiger partial charge is 0.494 e. The molecule has 2 heterocycles. The van der Waals surface area contributed by atoms with Crippen LogP contribution in [0.15, 0.2) is 12.1 Å². The van der Waals surface area contributed by atoms with Crippen LogP contribution in [0.4, 0.5) is 5.13 Å². The molecule has 25 heavy (non-hydrogen) atoms. The molecule has 2 fully saturated rings. The number of fused-ring (bicyclic) bond motifs is 1. The third kappa shape index (κ3) is 3.17. The average molecular weight is 380 g/mol. The number of rotatable bonds is 3. The van der Waals surface area contributed by atoms with Gasteiger partial charge in [0.25, 0.3) is 0 Å². The number of hydrogen-bond acceptors (Lipinski definition) is 5. The summed E-state index contributed by atoms with van der Waals surface area (Å²) in [5.74, 6) is 1.36. The van der Waals surface area contributed by atoms with Gasteiger partial charge in [-0.25, -0.2) is 4.98 Å². The Morgan fingerprint density at radius 2 is 1.96 bits per heavy atom. The molecule has 5 nitrogen and oxygen atoms in total. The Morgan fingerprint density at radius 1 is 1.24 bits per heavy atom. The van der Waals surface area contributed by atoms with Gasteiger partial charge in [-0.2, -0.15) is 0 Å². The van der Waals surface area contributed by atoms with E-state index in [1.54, 1.807) is 18.4 Å². The van der Waals surface area contributed by atoms with Crippen LogP contribution in [0.3, 0.4) is 0 Å². The highest BCUT2D eigenvalue weighted by Gasteiger charge is 2.30. The van der Waals surface area contributed by atoms with Gasteiger partial charge in [0.1, 0.15) is 11.3 Å². The van der Waals surface area contributed by atoms with Gasteiger partial charge in [0, 0.05) is 32.1 Å². The quantitative estimate of drug-likeness (QED) is 0.813. The van der Waals surface area contributed by atoms with Gasteiger partial charge in [-0.3, -0.25) is 4.79 Å². The number of carbonyl (C=O) groups is 1. The van der Waals surface area contributed by atoms with Crippen molar-refractivity contribution in [2.45, 2.75) is 25.7 Å². The molecule has 1 amide bonds. The van der Waals surface area contributed by atoms with Crippen molar-refractivity contribution in [1.29, 1.82) is 0 Å². The van der Waals surface area contributed by atoms with E-state index in [0.717, 1.165) is 60.1 Å². The monoisotopic (exact) mass is 379 g/mol. The number of thiazole rings is 1. The molecule has 0 bridgehead atoms. The average Bonchev–Trinajstić information content (AvgIpc) is 3.32. The Labute approximate surface area is 156 Å². The highest BCUT2D eigenvalue weighted by Crippen LogP contribution is 2.39. The van der Waals surface area contributed by atoms with E-state index in [2.05, 4.69) is 4.90 Å². The van der Waals surface area contributed by atoms with E-state index in [1.165, 1.54) is 12.8 Å². The number of halogens is 1. The van der Waals surface area contributed by atoms with Gasteiger partial charge in [-0.1, -0.05) is 35.8 Å². The second-order valence-corrected chi connectivity index (χ2v) is 8.10. The highest BCUT2D eigenvalue weighted by atomic mass is 35.5. The van der Waals surface area contributed by atoms with Crippen molar-refractivity contribution < 1.29 is 9.53 Å². The molecule has 1 saturated heterocycles. The third-order valence-corrected chi connectivity index (χ3v) is 6.81. The number of aromatic nitrogens is 1. The highest BCUT2D eigenvalue weighted by molar-refractivity contribution is 7.22. The molecule has 7 heteroatoms. The molecule has 1 aromatic heterocycles. The number of benzene rings is 1. The Morgan fingerprint density at radius 3 is 2.64 bits per heavy atom. The predicted octanol–water partition coefficient (Wildman–Crippen LogP) is 3.80. The van der Waals surface area contributed by atoms with E-state index in [-0.39, 0.29) is 5.92 Å². The van der Waals surface area contributed by atoms with Crippen molar-refractivity contribution in [3.63, 3.8) is 0 Å². The van der Waals surface area contributed by atoms with Crippen LogP contribution in [0.5, 0.6) is 5.75 Å². The molecule has 1 saturated carbocycles. The van der Waals surface area contributed by atoms with E-state index in [1.807, 2.05) is 17.0 Å². The third-order valence-electron chi connectivity index (χ3n) is 5.23. The van der Waals surface area contributed by atoms with E-state index in [9.17, 15) is 4.79 Å². The van der Waals surface area contributed by atoms with Gasteiger partial charge in [-0.15, -0.1) is 0 Å². The summed E-state index contributed by atoms with van der Waals surface area (Å²) in [4.78, 5) is 21.6. The maximum absolute atomic E-state index is 12.6. The van der Waals surface area contributed by atoms with Crippen molar-refractivity contribution in [2.24, 2.45) is 5.92 Å². The van der Waals surface area contributed by atoms with Crippen LogP contribution >= 0.6 is 22.9 Å². The minimum absolute atomic E-state index is 0.261. The topological polar surface area (TPSA) is 45.7 Å². The SMILES string of the molecule is COc1ccc(Cl)c2sc(N3CCN(C(=O)C4CCCC4)CC3)nc12. The Bertz CT molecular complexity index is 780. The summed E-state index contributed by atoms with van der Waals surface area (Å²) in [6.45, 7) is 3.18. The van der Waals surface area contributed by atoms with E-state index in [0.29, 0.717) is 10.9 Å². The van der Waals surface area contributed by atoms with Crippen molar-refractivity contribution in [3.05, 3.63) is 17.2 Å². The lowest BCUT2D eigenvalue weighted by molar-refractivity contribution is -0.135. The summed E-state index contributed by atoms with van der Waals surface area (Å²) in [5.41, 5.74) is 0.819. The smallest absolute Gasteiger partial charge is 0.225 e. The van der Waals surface area contributed by atoms with Crippen LogP contribution in [-0.4, -0.2) is 49.1 Å².